The van der Waals surface area contributed by atoms with Crippen LogP contribution >= 0.6 is 0 Å². The van der Waals surface area contributed by atoms with E-state index < -0.39 is 11.4 Å². The summed E-state index contributed by atoms with van der Waals surface area (Å²) >= 11 is 0. The first kappa shape index (κ1) is 14.4. The van der Waals surface area contributed by atoms with E-state index in [0.717, 1.165) is 6.07 Å². The summed E-state index contributed by atoms with van der Waals surface area (Å²) in [6.07, 6.45) is 0.702. The molecule has 1 rings (SSSR count). The van der Waals surface area contributed by atoms with Gasteiger partial charge in [-0.3, -0.25) is 4.79 Å². The molecule has 0 aromatic heterocycles. The van der Waals surface area contributed by atoms with E-state index in [1.807, 2.05) is 13.8 Å². The summed E-state index contributed by atoms with van der Waals surface area (Å²) in [7, 11) is 1.38. The molecule has 18 heavy (non-hydrogen) atoms. The minimum absolute atomic E-state index is 0.114. The Morgan fingerprint density at radius 3 is 2.67 bits per heavy atom. The van der Waals surface area contributed by atoms with Gasteiger partial charge in [0.1, 0.15) is 0 Å². The molecule has 0 fully saturated rings. The van der Waals surface area contributed by atoms with E-state index in [2.05, 4.69) is 5.32 Å². The molecule has 1 aromatic rings. The van der Waals surface area contributed by atoms with Crippen LogP contribution in [0.1, 0.15) is 30.6 Å². The minimum Gasteiger partial charge on any atom is -0.494 e. The topological polar surface area (TPSA) is 64.3 Å². The van der Waals surface area contributed by atoms with Crippen molar-refractivity contribution in [3.8, 4) is 5.75 Å². The number of hydrogen-bond acceptors (Lipinski definition) is 3. The van der Waals surface area contributed by atoms with Gasteiger partial charge in [-0.25, -0.2) is 4.39 Å². The Kier molecular flexibility index (Phi) is 4.67. The van der Waals surface area contributed by atoms with Gasteiger partial charge in [-0.05, 0) is 31.5 Å². The maximum absolute atomic E-state index is 13.5. The predicted octanol–water partition coefficient (Wildman–Crippen LogP) is 1.69. The predicted molar refractivity (Wildman–Crippen MR) is 68.2 cm³/mol. The van der Waals surface area contributed by atoms with E-state index >= 15 is 0 Å². The molecule has 0 bridgehead atoms. The summed E-state index contributed by atoms with van der Waals surface area (Å²) in [6.45, 7) is 4.11. The fraction of sp³-hybridized carbons (Fsp3) is 0.462. The minimum atomic E-state index is -0.559. The first-order valence-electron chi connectivity index (χ1n) is 5.82. The first-order valence-corrected chi connectivity index (χ1v) is 5.82. The Balaban J connectivity index is 2.88. The molecule has 0 saturated heterocycles. The number of halogens is 1. The molecule has 0 aliphatic heterocycles. The summed E-state index contributed by atoms with van der Waals surface area (Å²) in [5, 5.41) is 2.80. The van der Waals surface area contributed by atoms with E-state index in [1.54, 1.807) is 0 Å². The van der Waals surface area contributed by atoms with Crippen LogP contribution in [0.4, 0.5) is 4.39 Å². The normalized spacial score (nSPS) is 13.8. The zero-order valence-electron chi connectivity index (χ0n) is 10.9. The maximum Gasteiger partial charge on any atom is 0.251 e. The highest BCUT2D eigenvalue weighted by molar-refractivity contribution is 5.94. The molecule has 0 aliphatic carbocycles. The molecule has 0 heterocycles. The van der Waals surface area contributed by atoms with Crippen molar-refractivity contribution < 1.29 is 13.9 Å². The van der Waals surface area contributed by atoms with Gasteiger partial charge in [0, 0.05) is 17.6 Å². The Morgan fingerprint density at radius 2 is 2.22 bits per heavy atom. The molecule has 0 radical (unpaired) electrons. The monoisotopic (exact) mass is 254 g/mol. The summed E-state index contributed by atoms with van der Waals surface area (Å²) in [5.74, 6) is -0.786. The van der Waals surface area contributed by atoms with E-state index in [0.29, 0.717) is 13.0 Å². The van der Waals surface area contributed by atoms with Gasteiger partial charge in [0.25, 0.3) is 5.91 Å². The van der Waals surface area contributed by atoms with Gasteiger partial charge in [-0.2, -0.15) is 0 Å². The number of ether oxygens (including phenoxy) is 1. The fourth-order valence-electron chi connectivity index (χ4n) is 1.44. The van der Waals surface area contributed by atoms with Crippen molar-refractivity contribution in [3.05, 3.63) is 29.6 Å². The lowest BCUT2D eigenvalue weighted by Crippen LogP contribution is -2.50. The number of nitrogens with two attached hydrogens (primary N) is 1. The van der Waals surface area contributed by atoms with Crippen molar-refractivity contribution in [1.82, 2.24) is 5.32 Å². The Bertz CT molecular complexity index is 431. The van der Waals surface area contributed by atoms with Crippen molar-refractivity contribution in [1.29, 1.82) is 0 Å². The van der Waals surface area contributed by atoms with Crippen LogP contribution in [0, 0.1) is 5.82 Å². The molecule has 0 saturated carbocycles. The number of hydrogen-bond donors (Lipinski definition) is 2. The quantitative estimate of drug-likeness (QED) is 0.840. The van der Waals surface area contributed by atoms with E-state index in [9.17, 15) is 9.18 Å². The highest BCUT2D eigenvalue weighted by atomic mass is 19.1. The molecule has 1 aromatic carbocycles. The van der Waals surface area contributed by atoms with Crippen molar-refractivity contribution in [2.24, 2.45) is 5.73 Å². The van der Waals surface area contributed by atoms with E-state index in [4.69, 9.17) is 10.5 Å². The lowest BCUT2D eigenvalue weighted by molar-refractivity contribution is 0.0906. The zero-order valence-corrected chi connectivity index (χ0v) is 10.9. The van der Waals surface area contributed by atoms with E-state index in [1.165, 1.54) is 19.2 Å². The van der Waals surface area contributed by atoms with Crippen molar-refractivity contribution in [2.45, 2.75) is 25.8 Å². The van der Waals surface area contributed by atoms with Crippen LogP contribution in [0.3, 0.4) is 0 Å². The van der Waals surface area contributed by atoms with Crippen LogP contribution in [-0.2, 0) is 0 Å². The van der Waals surface area contributed by atoms with Crippen LogP contribution in [0.5, 0.6) is 5.75 Å². The Morgan fingerprint density at radius 1 is 1.56 bits per heavy atom. The summed E-state index contributed by atoms with van der Waals surface area (Å²) in [5.41, 5.74) is 5.38. The first-order chi connectivity index (χ1) is 8.45. The highest BCUT2D eigenvalue weighted by Crippen LogP contribution is 2.18. The Labute approximate surface area is 106 Å². The maximum atomic E-state index is 13.5. The third-order valence-electron chi connectivity index (χ3n) is 3.06. The molecule has 1 amide bonds. The van der Waals surface area contributed by atoms with Crippen molar-refractivity contribution >= 4 is 5.91 Å². The van der Waals surface area contributed by atoms with Crippen LogP contribution in [0.15, 0.2) is 18.2 Å². The number of amides is 1. The number of rotatable bonds is 5. The van der Waals surface area contributed by atoms with Crippen LogP contribution < -0.4 is 15.8 Å². The second kappa shape index (κ2) is 5.82. The number of carbonyl (C=O) groups excluding carboxylic acids is 1. The van der Waals surface area contributed by atoms with Gasteiger partial charge in [0.2, 0.25) is 0 Å². The molecule has 100 valence electrons. The van der Waals surface area contributed by atoms with Gasteiger partial charge in [0.15, 0.2) is 11.6 Å². The fourth-order valence-corrected chi connectivity index (χ4v) is 1.44. The molecular weight excluding hydrogens is 235 g/mol. The summed E-state index contributed by atoms with van der Waals surface area (Å²) in [6, 6.07) is 4.10. The van der Waals surface area contributed by atoms with Gasteiger partial charge >= 0.3 is 0 Å². The third-order valence-corrected chi connectivity index (χ3v) is 3.06. The smallest absolute Gasteiger partial charge is 0.251 e. The second-order valence-electron chi connectivity index (χ2n) is 4.42. The average Bonchev–Trinajstić information content (AvgIpc) is 2.38. The van der Waals surface area contributed by atoms with Crippen molar-refractivity contribution in [3.63, 3.8) is 0 Å². The molecule has 1 atom stereocenters. The second-order valence-corrected chi connectivity index (χ2v) is 4.42. The third kappa shape index (κ3) is 3.20. The molecule has 0 spiro atoms. The van der Waals surface area contributed by atoms with E-state index in [-0.39, 0.29) is 17.2 Å². The van der Waals surface area contributed by atoms with Gasteiger partial charge in [-0.15, -0.1) is 0 Å². The van der Waals surface area contributed by atoms with Crippen LogP contribution in [0.25, 0.3) is 0 Å². The largest absolute Gasteiger partial charge is 0.494 e. The molecule has 5 heteroatoms. The molecular formula is C13H19FN2O2. The van der Waals surface area contributed by atoms with Crippen LogP contribution in [-0.4, -0.2) is 25.1 Å². The van der Waals surface area contributed by atoms with Gasteiger partial charge in [-0.1, -0.05) is 6.92 Å². The highest BCUT2D eigenvalue weighted by Gasteiger charge is 2.23. The molecule has 1 unspecified atom stereocenters. The lowest BCUT2D eigenvalue weighted by atomic mass is 9.98. The molecule has 0 aliphatic rings. The molecule has 4 nitrogen and oxygen atoms in total. The summed E-state index contributed by atoms with van der Waals surface area (Å²) < 4.78 is 18.3. The number of carbonyl (C=O) groups is 1. The van der Waals surface area contributed by atoms with Crippen LogP contribution in [0.2, 0.25) is 0 Å². The zero-order chi connectivity index (χ0) is 13.8. The number of methoxy groups -OCH3 is 1. The van der Waals surface area contributed by atoms with Crippen molar-refractivity contribution in [2.75, 3.05) is 13.7 Å². The lowest BCUT2D eigenvalue weighted by Gasteiger charge is -2.27. The summed E-state index contributed by atoms with van der Waals surface area (Å²) in [4.78, 5) is 12.0. The van der Waals surface area contributed by atoms with Gasteiger partial charge in [0.05, 0.1) is 7.11 Å². The number of benzene rings is 1. The molecule has 3 N–H and O–H groups in total. The average molecular weight is 254 g/mol. The van der Waals surface area contributed by atoms with Gasteiger partial charge < -0.3 is 15.8 Å². The standard InChI is InChI=1S/C13H19FN2O2/c1-4-13(2,8-15)16-12(17)9-5-6-11(18-3)10(14)7-9/h5-7H,4,8,15H2,1-3H3,(H,16,17). The SMILES string of the molecule is CCC(C)(CN)NC(=O)c1ccc(OC)c(F)c1. The Hall–Kier alpha value is -1.62. The number of nitrogens with one attached hydrogen (secondary N) is 1.